The molecule has 4 heteroatoms. The van der Waals surface area contributed by atoms with Gasteiger partial charge in [-0.15, -0.1) is 0 Å². The lowest BCUT2D eigenvalue weighted by Crippen LogP contribution is -2.27. The van der Waals surface area contributed by atoms with Crippen molar-refractivity contribution in [1.82, 2.24) is 4.98 Å². The minimum absolute atomic E-state index is 0.124. The van der Waals surface area contributed by atoms with E-state index in [9.17, 15) is 5.11 Å². The summed E-state index contributed by atoms with van der Waals surface area (Å²) in [6.45, 7) is 4.75. The van der Waals surface area contributed by atoms with Crippen LogP contribution >= 0.6 is 11.6 Å². The van der Waals surface area contributed by atoms with Crippen molar-refractivity contribution >= 4 is 28.2 Å². The molecule has 0 aliphatic carbocycles. The number of fused-ring (bicyclic) bond motifs is 1. The molecule has 1 aromatic heterocycles. The van der Waals surface area contributed by atoms with E-state index in [1.807, 2.05) is 44.2 Å². The Kier molecular flexibility index (Phi) is 3.73. The van der Waals surface area contributed by atoms with Crippen LogP contribution in [-0.4, -0.2) is 23.2 Å². The van der Waals surface area contributed by atoms with Crippen LogP contribution in [0.5, 0.6) is 0 Å². The van der Waals surface area contributed by atoms with Crippen molar-refractivity contribution in [2.45, 2.75) is 13.8 Å². The molecule has 1 aromatic carbocycles. The van der Waals surface area contributed by atoms with Gasteiger partial charge in [0.1, 0.15) is 11.0 Å². The molecule has 0 bridgehead atoms. The Bertz CT molecular complexity index is 554. The van der Waals surface area contributed by atoms with E-state index in [0.29, 0.717) is 11.7 Å². The fraction of sp³-hybridized carbons (Fsp3) is 0.357. The number of aliphatic hydroxyl groups excluding tert-OH is 1. The standard InChI is InChI=1S/C14H17ClN2O/c1-14(2,9-18)8-16-13-11-6-4-3-5-10(11)7-12(15)17-13/h3-7,18H,8-9H2,1-2H3,(H,16,17). The lowest BCUT2D eigenvalue weighted by atomic mass is 9.95. The molecule has 0 aliphatic rings. The molecule has 2 aromatic rings. The molecule has 0 unspecified atom stereocenters. The number of nitrogens with zero attached hydrogens (tertiary/aromatic N) is 1. The van der Waals surface area contributed by atoms with Crippen LogP contribution in [0.2, 0.25) is 5.15 Å². The topological polar surface area (TPSA) is 45.1 Å². The van der Waals surface area contributed by atoms with Crippen molar-refractivity contribution in [3.63, 3.8) is 0 Å². The lowest BCUT2D eigenvalue weighted by Gasteiger charge is -2.22. The Morgan fingerprint density at radius 2 is 2.06 bits per heavy atom. The largest absolute Gasteiger partial charge is 0.396 e. The maximum absolute atomic E-state index is 9.25. The summed E-state index contributed by atoms with van der Waals surface area (Å²) in [5, 5.41) is 15.1. The molecule has 2 N–H and O–H groups in total. The third-order valence-electron chi connectivity index (χ3n) is 2.87. The van der Waals surface area contributed by atoms with Crippen LogP contribution in [0.25, 0.3) is 10.8 Å². The SMILES string of the molecule is CC(C)(CO)CNc1nc(Cl)cc2ccccc12. The number of pyridine rings is 1. The van der Waals surface area contributed by atoms with Gasteiger partial charge in [0.15, 0.2) is 0 Å². The van der Waals surface area contributed by atoms with Crippen LogP contribution in [-0.2, 0) is 0 Å². The molecule has 1 heterocycles. The van der Waals surface area contributed by atoms with E-state index in [-0.39, 0.29) is 12.0 Å². The van der Waals surface area contributed by atoms with Gasteiger partial charge in [0.25, 0.3) is 0 Å². The van der Waals surface area contributed by atoms with Crippen molar-refractivity contribution in [3.8, 4) is 0 Å². The first-order valence-corrected chi connectivity index (χ1v) is 6.30. The minimum atomic E-state index is -0.189. The maximum Gasteiger partial charge on any atom is 0.135 e. The highest BCUT2D eigenvalue weighted by Gasteiger charge is 2.17. The van der Waals surface area contributed by atoms with E-state index >= 15 is 0 Å². The Labute approximate surface area is 112 Å². The van der Waals surface area contributed by atoms with Crippen LogP contribution in [0.15, 0.2) is 30.3 Å². The average molecular weight is 265 g/mol. The molecule has 0 saturated heterocycles. The lowest BCUT2D eigenvalue weighted by molar-refractivity contribution is 0.171. The average Bonchev–Trinajstić information content (AvgIpc) is 2.36. The zero-order valence-corrected chi connectivity index (χ0v) is 11.3. The van der Waals surface area contributed by atoms with Gasteiger partial charge >= 0.3 is 0 Å². The Morgan fingerprint density at radius 3 is 2.78 bits per heavy atom. The molecule has 3 nitrogen and oxygen atoms in total. The zero-order chi connectivity index (χ0) is 13.2. The predicted molar refractivity (Wildman–Crippen MR) is 76.1 cm³/mol. The van der Waals surface area contributed by atoms with Gasteiger partial charge in [-0.2, -0.15) is 0 Å². The number of hydrogen-bond donors (Lipinski definition) is 2. The summed E-state index contributed by atoms with van der Waals surface area (Å²) in [4.78, 5) is 4.31. The molecular weight excluding hydrogens is 248 g/mol. The van der Waals surface area contributed by atoms with Gasteiger partial charge in [0, 0.05) is 24.0 Å². The number of halogens is 1. The summed E-state index contributed by atoms with van der Waals surface area (Å²) in [5.74, 6) is 0.764. The summed E-state index contributed by atoms with van der Waals surface area (Å²) in [6.07, 6.45) is 0. The minimum Gasteiger partial charge on any atom is -0.396 e. The van der Waals surface area contributed by atoms with Crippen LogP contribution < -0.4 is 5.32 Å². The summed E-state index contributed by atoms with van der Waals surface area (Å²) < 4.78 is 0. The number of aliphatic hydroxyl groups is 1. The Hall–Kier alpha value is -1.32. The summed E-state index contributed by atoms with van der Waals surface area (Å²) in [7, 11) is 0. The monoisotopic (exact) mass is 264 g/mol. The first-order chi connectivity index (χ1) is 8.52. The summed E-state index contributed by atoms with van der Waals surface area (Å²) >= 11 is 6.01. The highest BCUT2D eigenvalue weighted by Crippen LogP contribution is 2.25. The van der Waals surface area contributed by atoms with Gasteiger partial charge in [-0.3, -0.25) is 0 Å². The molecule has 0 saturated carbocycles. The van der Waals surface area contributed by atoms with E-state index < -0.39 is 0 Å². The second-order valence-electron chi connectivity index (χ2n) is 5.19. The first-order valence-electron chi connectivity index (χ1n) is 5.92. The fourth-order valence-corrected chi connectivity index (χ4v) is 1.88. The van der Waals surface area contributed by atoms with Crippen LogP contribution in [0.1, 0.15) is 13.8 Å². The van der Waals surface area contributed by atoms with Crippen LogP contribution in [0.3, 0.4) is 0 Å². The molecule has 2 rings (SSSR count). The molecule has 96 valence electrons. The number of nitrogens with one attached hydrogen (secondary N) is 1. The summed E-state index contributed by atoms with van der Waals surface area (Å²) in [6, 6.07) is 9.80. The normalized spacial score (nSPS) is 11.8. The van der Waals surface area contributed by atoms with Gasteiger partial charge in [0.05, 0.1) is 0 Å². The van der Waals surface area contributed by atoms with Crippen molar-refractivity contribution in [1.29, 1.82) is 0 Å². The molecule has 0 amide bonds. The van der Waals surface area contributed by atoms with E-state index in [2.05, 4.69) is 10.3 Å². The third kappa shape index (κ3) is 2.92. The highest BCUT2D eigenvalue weighted by atomic mass is 35.5. The Morgan fingerprint density at radius 1 is 1.33 bits per heavy atom. The highest BCUT2D eigenvalue weighted by molar-refractivity contribution is 6.30. The molecule has 0 aliphatic heterocycles. The number of hydrogen-bond acceptors (Lipinski definition) is 3. The maximum atomic E-state index is 9.25. The van der Waals surface area contributed by atoms with E-state index in [4.69, 9.17) is 11.6 Å². The quantitative estimate of drug-likeness (QED) is 0.833. The van der Waals surface area contributed by atoms with Gasteiger partial charge in [-0.1, -0.05) is 49.7 Å². The van der Waals surface area contributed by atoms with Gasteiger partial charge in [0.2, 0.25) is 0 Å². The van der Waals surface area contributed by atoms with Crippen molar-refractivity contribution < 1.29 is 5.11 Å². The molecule has 0 atom stereocenters. The van der Waals surface area contributed by atoms with Gasteiger partial charge < -0.3 is 10.4 Å². The molecular formula is C14H17ClN2O. The Balaban J connectivity index is 2.33. The molecule has 0 fully saturated rings. The van der Waals surface area contributed by atoms with Crippen LogP contribution in [0, 0.1) is 5.41 Å². The third-order valence-corrected chi connectivity index (χ3v) is 3.07. The second kappa shape index (κ2) is 5.12. The fourth-order valence-electron chi connectivity index (χ4n) is 1.68. The second-order valence-corrected chi connectivity index (χ2v) is 5.58. The summed E-state index contributed by atoms with van der Waals surface area (Å²) in [5.41, 5.74) is -0.189. The van der Waals surface area contributed by atoms with Crippen molar-refractivity contribution in [2.24, 2.45) is 5.41 Å². The molecule has 0 radical (unpaired) electrons. The van der Waals surface area contributed by atoms with E-state index in [0.717, 1.165) is 16.6 Å². The van der Waals surface area contributed by atoms with Crippen molar-refractivity contribution in [3.05, 3.63) is 35.5 Å². The van der Waals surface area contributed by atoms with Gasteiger partial charge in [-0.25, -0.2) is 4.98 Å². The number of aromatic nitrogens is 1. The first kappa shape index (κ1) is 13.1. The van der Waals surface area contributed by atoms with Gasteiger partial charge in [-0.05, 0) is 11.5 Å². The predicted octanol–water partition coefficient (Wildman–Crippen LogP) is 3.32. The molecule has 0 spiro atoms. The molecule has 18 heavy (non-hydrogen) atoms. The van der Waals surface area contributed by atoms with E-state index in [1.54, 1.807) is 0 Å². The van der Waals surface area contributed by atoms with Crippen molar-refractivity contribution in [2.75, 3.05) is 18.5 Å². The number of benzene rings is 1. The zero-order valence-electron chi connectivity index (χ0n) is 10.6. The smallest absolute Gasteiger partial charge is 0.135 e. The van der Waals surface area contributed by atoms with E-state index in [1.165, 1.54) is 0 Å². The number of anilines is 1. The number of rotatable bonds is 4. The van der Waals surface area contributed by atoms with Crippen LogP contribution in [0.4, 0.5) is 5.82 Å².